The first-order valence-corrected chi connectivity index (χ1v) is 4.99. The molecule has 0 saturated heterocycles. The van der Waals surface area contributed by atoms with Crippen LogP contribution in [0.3, 0.4) is 0 Å². The molecule has 0 aliphatic rings. The van der Waals surface area contributed by atoms with Gasteiger partial charge in [0.15, 0.2) is 4.67 Å². The summed E-state index contributed by atoms with van der Waals surface area (Å²) >= 11 is 3.27. The molecule has 14 heavy (non-hydrogen) atoms. The summed E-state index contributed by atoms with van der Waals surface area (Å²) in [5.41, 5.74) is 0.959. The van der Waals surface area contributed by atoms with E-state index in [1.807, 2.05) is 36.4 Å². The monoisotopic (exact) mass is 252 g/mol. The lowest BCUT2D eigenvalue weighted by Crippen LogP contribution is -1.85. The summed E-state index contributed by atoms with van der Waals surface area (Å²) in [4.78, 5) is 0. The third-order valence-corrected chi connectivity index (χ3v) is 2.37. The molecule has 0 aliphatic carbocycles. The number of furan rings is 1. The van der Waals surface area contributed by atoms with Gasteiger partial charge in [0.25, 0.3) is 0 Å². The van der Waals surface area contributed by atoms with Gasteiger partial charge in [0.1, 0.15) is 11.5 Å². The molecule has 3 heteroatoms. The average Bonchev–Trinajstić information content (AvgIpc) is 2.65. The number of hydrogen-bond acceptors (Lipinski definition) is 2. The Morgan fingerprint density at radius 3 is 2.57 bits per heavy atom. The van der Waals surface area contributed by atoms with E-state index in [2.05, 4.69) is 15.9 Å². The molecule has 1 aromatic heterocycles. The molecule has 1 heterocycles. The predicted octanol–water partition coefficient (Wildman–Crippen LogP) is 3.72. The van der Waals surface area contributed by atoms with Crippen LogP contribution >= 0.6 is 15.9 Å². The van der Waals surface area contributed by atoms with Crippen LogP contribution in [0.5, 0.6) is 5.75 Å². The summed E-state index contributed by atoms with van der Waals surface area (Å²) in [6.07, 6.45) is 0. The van der Waals surface area contributed by atoms with Crippen molar-refractivity contribution in [2.45, 2.75) is 0 Å². The van der Waals surface area contributed by atoms with E-state index in [9.17, 15) is 0 Å². The second-order valence-electron chi connectivity index (χ2n) is 2.80. The van der Waals surface area contributed by atoms with Gasteiger partial charge in [0.2, 0.25) is 0 Å². The highest BCUT2D eigenvalue weighted by atomic mass is 79.9. The molecular weight excluding hydrogens is 244 g/mol. The average molecular weight is 253 g/mol. The van der Waals surface area contributed by atoms with Gasteiger partial charge >= 0.3 is 0 Å². The van der Waals surface area contributed by atoms with Crippen molar-refractivity contribution in [1.82, 2.24) is 0 Å². The highest BCUT2D eigenvalue weighted by molar-refractivity contribution is 9.10. The summed E-state index contributed by atoms with van der Waals surface area (Å²) in [6.45, 7) is 0. The van der Waals surface area contributed by atoms with Crippen LogP contribution < -0.4 is 4.74 Å². The molecule has 0 bridgehead atoms. The van der Waals surface area contributed by atoms with Crippen LogP contribution in [0.25, 0.3) is 11.3 Å². The molecule has 0 atom stereocenters. The Bertz CT molecular complexity index is 434. The molecule has 0 N–H and O–H groups in total. The molecule has 2 nitrogen and oxygen atoms in total. The first kappa shape index (κ1) is 9.34. The normalized spacial score (nSPS) is 10.1. The van der Waals surface area contributed by atoms with E-state index in [0.717, 1.165) is 21.7 Å². The van der Waals surface area contributed by atoms with Gasteiger partial charge in [-0.15, -0.1) is 0 Å². The van der Waals surface area contributed by atoms with Gasteiger partial charge in [-0.25, -0.2) is 0 Å². The van der Waals surface area contributed by atoms with E-state index >= 15 is 0 Å². The van der Waals surface area contributed by atoms with Crippen LogP contribution in [0.1, 0.15) is 0 Å². The lowest BCUT2D eigenvalue weighted by Gasteiger charge is -2.04. The Balaban J connectivity index is 2.50. The van der Waals surface area contributed by atoms with Gasteiger partial charge in [0.05, 0.1) is 12.7 Å². The van der Waals surface area contributed by atoms with E-state index in [1.54, 1.807) is 7.11 Å². The quantitative estimate of drug-likeness (QED) is 0.813. The van der Waals surface area contributed by atoms with E-state index in [4.69, 9.17) is 9.15 Å². The summed E-state index contributed by atoms with van der Waals surface area (Å²) < 4.78 is 11.4. The number of rotatable bonds is 2. The Morgan fingerprint density at radius 2 is 1.93 bits per heavy atom. The maximum atomic E-state index is 5.45. The second-order valence-corrected chi connectivity index (χ2v) is 3.59. The second kappa shape index (κ2) is 3.88. The molecule has 72 valence electrons. The van der Waals surface area contributed by atoms with Crippen LogP contribution in [0.15, 0.2) is 45.5 Å². The number of ether oxygens (including phenoxy) is 1. The lowest BCUT2D eigenvalue weighted by atomic mass is 10.1. The third-order valence-electron chi connectivity index (χ3n) is 1.95. The smallest absolute Gasteiger partial charge is 0.169 e. The zero-order chi connectivity index (χ0) is 9.97. The summed E-state index contributed by atoms with van der Waals surface area (Å²) in [5, 5.41) is 0. The molecular formula is C11H9BrO2. The van der Waals surface area contributed by atoms with Crippen molar-refractivity contribution in [2.24, 2.45) is 0 Å². The fraction of sp³-hybridized carbons (Fsp3) is 0.0909. The topological polar surface area (TPSA) is 22.4 Å². The highest BCUT2D eigenvalue weighted by Crippen LogP contribution is 2.31. The molecule has 0 fully saturated rings. The number of hydrogen-bond donors (Lipinski definition) is 0. The van der Waals surface area contributed by atoms with Gasteiger partial charge in [-0.05, 0) is 40.2 Å². The van der Waals surface area contributed by atoms with Crippen LogP contribution in [-0.4, -0.2) is 7.11 Å². The Hall–Kier alpha value is -1.22. The first-order valence-electron chi connectivity index (χ1n) is 4.20. The first-order chi connectivity index (χ1) is 6.81. The number of para-hydroxylation sites is 1. The molecule has 1 aromatic carbocycles. The molecule has 0 aliphatic heterocycles. The number of halogens is 1. The van der Waals surface area contributed by atoms with Crippen molar-refractivity contribution in [3.63, 3.8) is 0 Å². The number of methoxy groups -OCH3 is 1. The lowest BCUT2D eigenvalue weighted by molar-refractivity contribution is 0.414. The van der Waals surface area contributed by atoms with Crippen molar-refractivity contribution in [1.29, 1.82) is 0 Å². The van der Waals surface area contributed by atoms with E-state index in [-0.39, 0.29) is 0 Å². The molecule has 0 amide bonds. The maximum Gasteiger partial charge on any atom is 0.169 e. The van der Waals surface area contributed by atoms with Gasteiger partial charge < -0.3 is 9.15 Å². The SMILES string of the molecule is COc1ccccc1-c1ccc(Br)o1. The summed E-state index contributed by atoms with van der Waals surface area (Å²) in [7, 11) is 1.65. The fourth-order valence-corrected chi connectivity index (χ4v) is 1.61. The van der Waals surface area contributed by atoms with Gasteiger partial charge in [0, 0.05) is 0 Å². The van der Waals surface area contributed by atoms with E-state index in [0.29, 0.717) is 0 Å². The van der Waals surface area contributed by atoms with Crippen LogP contribution in [0, 0.1) is 0 Å². The standard InChI is InChI=1S/C11H9BrO2/c1-13-9-5-3-2-4-8(9)10-6-7-11(12)14-10/h2-7H,1H3. The van der Waals surface area contributed by atoms with Crippen LogP contribution in [0.2, 0.25) is 0 Å². The summed E-state index contributed by atoms with van der Waals surface area (Å²) in [6, 6.07) is 11.5. The van der Waals surface area contributed by atoms with Crippen molar-refractivity contribution >= 4 is 15.9 Å². The minimum atomic E-state index is 0.721. The van der Waals surface area contributed by atoms with Crippen molar-refractivity contribution in [3.8, 4) is 17.1 Å². The molecule has 0 saturated carbocycles. The third kappa shape index (κ3) is 1.68. The van der Waals surface area contributed by atoms with E-state index in [1.165, 1.54) is 0 Å². The van der Waals surface area contributed by atoms with Gasteiger partial charge in [-0.2, -0.15) is 0 Å². The number of benzene rings is 1. The minimum Gasteiger partial charge on any atom is -0.496 e. The van der Waals surface area contributed by atoms with Gasteiger partial charge in [-0.3, -0.25) is 0 Å². The largest absolute Gasteiger partial charge is 0.496 e. The fourth-order valence-electron chi connectivity index (χ4n) is 1.31. The van der Waals surface area contributed by atoms with Crippen LogP contribution in [0.4, 0.5) is 0 Å². The van der Waals surface area contributed by atoms with Gasteiger partial charge in [-0.1, -0.05) is 12.1 Å². The minimum absolute atomic E-state index is 0.721. The zero-order valence-corrected chi connectivity index (χ0v) is 9.24. The molecule has 2 aromatic rings. The maximum absolute atomic E-state index is 5.45. The van der Waals surface area contributed by atoms with E-state index < -0.39 is 0 Å². The Labute approximate surface area is 90.6 Å². The zero-order valence-electron chi connectivity index (χ0n) is 7.66. The molecule has 0 unspecified atom stereocenters. The van der Waals surface area contributed by atoms with Crippen molar-refractivity contribution in [3.05, 3.63) is 41.1 Å². The Kier molecular flexibility index (Phi) is 2.59. The molecule has 0 spiro atoms. The van der Waals surface area contributed by atoms with Crippen molar-refractivity contribution in [2.75, 3.05) is 7.11 Å². The van der Waals surface area contributed by atoms with Crippen molar-refractivity contribution < 1.29 is 9.15 Å². The van der Waals surface area contributed by atoms with Crippen LogP contribution in [-0.2, 0) is 0 Å². The highest BCUT2D eigenvalue weighted by Gasteiger charge is 2.07. The predicted molar refractivity (Wildman–Crippen MR) is 58.4 cm³/mol. The molecule has 2 rings (SSSR count). The summed E-state index contributed by atoms with van der Waals surface area (Å²) in [5.74, 6) is 1.61. The Morgan fingerprint density at radius 1 is 1.14 bits per heavy atom. The molecule has 0 radical (unpaired) electrons.